The molecule has 1 heterocycles. The molecule has 1 aliphatic carbocycles. The maximum atomic E-state index is 12.7. The molecule has 1 saturated carbocycles. The van der Waals surface area contributed by atoms with Gasteiger partial charge in [-0.2, -0.15) is 0 Å². The number of hydrogen-bond acceptors (Lipinski definition) is 4. The van der Waals surface area contributed by atoms with Crippen LogP contribution < -0.4 is 9.64 Å². The van der Waals surface area contributed by atoms with Gasteiger partial charge in [-0.15, -0.1) is 0 Å². The molecule has 2 amide bonds. The number of imide groups is 1. The van der Waals surface area contributed by atoms with Gasteiger partial charge < -0.3 is 4.74 Å². The summed E-state index contributed by atoms with van der Waals surface area (Å²) in [6.45, 7) is 0. The van der Waals surface area contributed by atoms with Gasteiger partial charge in [0.2, 0.25) is 11.8 Å². The fourth-order valence-corrected chi connectivity index (χ4v) is 4.12. The maximum Gasteiger partial charge on any atom is 0.343 e. The number of rotatable bonds is 3. The molecular weight excluding hydrogens is 410 g/mol. The number of benzene rings is 2. The van der Waals surface area contributed by atoms with Crippen molar-refractivity contribution in [1.82, 2.24) is 0 Å². The van der Waals surface area contributed by atoms with Crippen LogP contribution in [0.1, 0.15) is 36.0 Å². The van der Waals surface area contributed by atoms with E-state index < -0.39 is 5.97 Å². The molecule has 0 spiro atoms. The van der Waals surface area contributed by atoms with Crippen molar-refractivity contribution in [2.45, 2.75) is 25.7 Å². The van der Waals surface area contributed by atoms with Gasteiger partial charge in [0.25, 0.3) is 0 Å². The third-order valence-electron chi connectivity index (χ3n) is 5.21. The standard InChI is InChI=1S/C21H18BrNO4/c22-14-10-8-13(9-11-14)21(26)27-16-5-3-4-15(12-16)23-19(24)17-6-1-2-7-18(17)20(23)25/h3-5,8-12,17-18H,1-2,6-7H2/t17-,18-/m0/s1. The van der Waals surface area contributed by atoms with Gasteiger partial charge in [-0.05, 0) is 49.2 Å². The monoisotopic (exact) mass is 427 g/mol. The summed E-state index contributed by atoms with van der Waals surface area (Å²) in [5.41, 5.74) is 0.878. The number of anilines is 1. The summed E-state index contributed by atoms with van der Waals surface area (Å²) in [7, 11) is 0. The highest BCUT2D eigenvalue weighted by Crippen LogP contribution is 2.40. The first kappa shape index (κ1) is 17.9. The Morgan fingerprint density at radius 1 is 0.963 bits per heavy atom. The Morgan fingerprint density at radius 3 is 2.22 bits per heavy atom. The lowest BCUT2D eigenvalue weighted by atomic mass is 9.81. The molecule has 1 aliphatic heterocycles. The van der Waals surface area contributed by atoms with E-state index in [1.165, 1.54) is 4.90 Å². The van der Waals surface area contributed by atoms with Gasteiger partial charge in [-0.25, -0.2) is 9.69 Å². The van der Waals surface area contributed by atoms with Crippen molar-refractivity contribution in [3.63, 3.8) is 0 Å². The van der Waals surface area contributed by atoms with E-state index in [4.69, 9.17) is 4.74 Å². The minimum Gasteiger partial charge on any atom is -0.423 e. The first-order valence-corrected chi connectivity index (χ1v) is 9.79. The Bertz CT molecular complexity index is 885. The molecule has 0 unspecified atom stereocenters. The SMILES string of the molecule is O=C(Oc1cccc(N2C(=O)[C@H]3CCCC[C@@H]3C2=O)c1)c1ccc(Br)cc1. The summed E-state index contributed by atoms with van der Waals surface area (Å²) in [5.74, 6) is -0.883. The zero-order valence-corrected chi connectivity index (χ0v) is 16.1. The van der Waals surface area contributed by atoms with Crippen molar-refractivity contribution in [3.05, 3.63) is 58.6 Å². The third-order valence-corrected chi connectivity index (χ3v) is 5.74. The second kappa shape index (κ2) is 7.27. The molecule has 27 heavy (non-hydrogen) atoms. The van der Waals surface area contributed by atoms with E-state index in [0.717, 1.165) is 30.2 Å². The lowest BCUT2D eigenvalue weighted by Crippen LogP contribution is -2.30. The number of ether oxygens (including phenoxy) is 1. The van der Waals surface area contributed by atoms with Gasteiger partial charge in [0.05, 0.1) is 23.1 Å². The minimum atomic E-state index is -0.493. The number of nitrogens with zero attached hydrogens (tertiary/aromatic N) is 1. The van der Waals surface area contributed by atoms with Gasteiger partial charge in [0, 0.05) is 10.5 Å². The first-order chi connectivity index (χ1) is 13.0. The van der Waals surface area contributed by atoms with Crippen molar-refractivity contribution < 1.29 is 19.1 Å². The largest absolute Gasteiger partial charge is 0.423 e. The molecule has 138 valence electrons. The molecule has 0 aromatic heterocycles. The number of esters is 1. The van der Waals surface area contributed by atoms with Crippen LogP contribution in [-0.4, -0.2) is 17.8 Å². The van der Waals surface area contributed by atoms with Crippen molar-refractivity contribution in [3.8, 4) is 5.75 Å². The van der Waals surface area contributed by atoms with Gasteiger partial charge in [0.1, 0.15) is 5.75 Å². The van der Waals surface area contributed by atoms with Crippen LogP contribution in [0.2, 0.25) is 0 Å². The molecule has 5 nitrogen and oxygen atoms in total. The van der Waals surface area contributed by atoms with Crippen LogP contribution in [0.4, 0.5) is 5.69 Å². The predicted octanol–water partition coefficient (Wildman–Crippen LogP) is 4.35. The highest BCUT2D eigenvalue weighted by molar-refractivity contribution is 9.10. The van der Waals surface area contributed by atoms with Crippen molar-refractivity contribution >= 4 is 39.4 Å². The molecule has 2 fully saturated rings. The summed E-state index contributed by atoms with van der Waals surface area (Å²) in [6.07, 6.45) is 3.51. The molecule has 0 bridgehead atoms. The van der Waals surface area contributed by atoms with E-state index in [2.05, 4.69) is 15.9 Å². The van der Waals surface area contributed by atoms with E-state index in [0.29, 0.717) is 17.0 Å². The highest BCUT2D eigenvalue weighted by Gasteiger charge is 2.48. The second-order valence-corrected chi connectivity index (χ2v) is 7.82. The molecule has 1 saturated heterocycles. The number of halogens is 1. The lowest BCUT2D eigenvalue weighted by Gasteiger charge is -2.19. The Kier molecular flexibility index (Phi) is 4.83. The first-order valence-electron chi connectivity index (χ1n) is 9.00. The van der Waals surface area contributed by atoms with E-state index >= 15 is 0 Å². The average Bonchev–Trinajstić information content (AvgIpc) is 2.93. The minimum absolute atomic E-state index is 0.138. The molecule has 2 aromatic carbocycles. The highest BCUT2D eigenvalue weighted by atomic mass is 79.9. The van der Waals surface area contributed by atoms with E-state index in [1.54, 1.807) is 48.5 Å². The summed E-state index contributed by atoms with van der Waals surface area (Å²) in [4.78, 5) is 39.0. The topological polar surface area (TPSA) is 63.7 Å². The summed E-state index contributed by atoms with van der Waals surface area (Å²) < 4.78 is 6.30. The number of hydrogen-bond donors (Lipinski definition) is 0. The third kappa shape index (κ3) is 3.41. The average molecular weight is 428 g/mol. The number of amides is 2. The number of carbonyl (C=O) groups is 3. The van der Waals surface area contributed by atoms with Gasteiger partial charge >= 0.3 is 5.97 Å². The van der Waals surface area contributed by atoms with Crippen LogP contribution in [0.5, 0.6) is 5.75 Å². The number of fused-ring (bicyclic) bond motifs is 1. The Balaban J connectivity index is 1.56. The van der Waals surface area contributed by atoms with E-state index in [-0.39, 0.29) is 23.7 Å². The Morgan fingerprint density at radius 2 is 1.59 bits per heavy atom. The fourth-order valence-electron chi connectivity index (χ4n) is 3.85. The normalized spacial score (nSPS) is 21.9. The quantitative estimate of drug-likeness (QED) is 0.414. The van der Waals surface area contributed by atoms with Crippen molar-refractivity contribution in [2.75, 3.05) is 4.90 Å². The predicted molar refractivity (Wildman–Crippen MR) is 103 cm³/mol. The molecule has 2 atom stereocenters. The zero-order chi connectivity index (χ0) is 19.0. The van der Waals surface area contributed by atoms with Crippen LogP contribution in [0.15, 0.2) is 53.0 Å². The molecule has 0 N–H and O–H groups in total. The van der Waals surface area contributed by atoms with Crippen molar-refractivity contribution in [2.24, 2.45) is 11.8 Å². The van der Waals surface area contributed by atoms with Crippen LogP contribution >= 0.6 is 15.9 Å². The van der Waals surface area contributed by atoms with Crippen LogP contribution in [0, 0.1) is 11.8 Å². The zero-order valence-electron chi connectivity index (χ0n) is 14.6. The van der Waals surface area contributed by atoms with Crippen molar-refractivity contribution in [1.29, 1.82) is 0 Å². The molecule has 4 rings (SSSR count). The van der Waals surface area contributed by atoms with Crippen LogP contribution in [0.3, 0.4) is 0 Å². The summed E-state index contributed by atoms with van der Waals surface area (Å²) >= 11 is 3.32. The van der Waals surface area contributed by atoms with Gasteiger partial charge in [-0.1, -0.05) is 34.8 Å². The smallest absolute Gasteiger partial charge is 0.343 e. The van der Waals surface area contributed by atoms with Crippen LogP contribution in [-0.2, 0) is 9.59 Å². The summed E-state index contributed by atoms with van der Waals surface area (Å²) in [5, 5.41) is 0. The Hall–Kier alpha value is -2.47. The molecule has 6 heteroatoms. The van der Waals surface area contributed by atoms with Gasteiger partial charge in [-0.3, -0.25) is 9.59 Å². The van der Waals surface area contributed by atoms with E-state index in [1.807, 2.05) is 0 Å². The number of carbonyl (C=O) groups excluding carboxylic acids is 3. The fraction of sp³-hybridized carbons (Fsp3) is 0.286. The molecule has 0 radical (unpaired) electrons. The maximum absolute atomic E-state index is 12.7. The Labute approximate surface area is 165 Å². The summed E-state index contributed by atoms with van der Waals surface area (Å²) in [6, 6.07) is 13.4. The molecule has 2 aromatic rings. The van der Waals surface area contributed by atoms with Gasteiger partial charge in [0.15, 0.2) is 0 Å². The molecule has 2 aliphatic rings. The van der Waals surface area contributed by atoms with E-state index in [9.17, 15) is 14.4 Å². The molecular formula is C21H18BrNO4. The van der Waals surface area contributed by atoms with Crippen LogP contribution in [0.25, 0.3) is 0 Å². The lowest BCUT2D eigenvalue weighted by molar-refractivity contribution is -0.122. The second-order valence-electron chi connectivity index (χ2n) is 6.90.